The van der Waals surface area contributed by atoms with Crippen LogP contribution in [0.2, 0.25) is 0 Å². The third-order valence-corrected chi connectivity index (χ3v) is 1.38. The summed E-state index contributed by atoms with van der Waals surface area (Å²) in [4.78, 5) is 0. The molecular weight excluding hydrogens is 160 g/mol. The van der Waals surface area contributed by atoms with Crippen LogP contribution in [0.5, 0.6) is 0 Å². The van der Waals surface area contributed by atoms with Crippen molar-refractivity contribution in [2.45, 2.75) is 39.8 Å². The van der Waals surface area contributed by atoms with Gasteiger partial charge in [-0.25, -0.2) is 0 Å². The fourth-order valence-corrected chi connectivity index (χ4v) is 0.992. The maximum absolute atomic E-state index is 11.1. The first-order valence-corrected chi connectivity index (χ1v) is 4.12. The van der Waals surface area contributed by atoms with E-state index in [1.165, 1.54) is 0 Å². The SMILES string of the molecule is CC(C)NC(=S)N([O-])C(C)C. The van der Waals surface area contributed by atoms with Crippen LogP contribution in [0.25, 0.3) is 0 Å². The Balaban J connectivity index is 3.83. The van der Waals surface area contributed by atoms with Crippen LogP contribution in [0.1, 0.15) is 27.7 Å². The predicted octanol–water partition coefficient (Wildman–Crippen LogP) is 1.48. The number of hydrogen-bond donors (Lipinski definition) is 1. The maximum Gasteiger partial charge on any atom is 0.158 e. The van der Waals surface area contributed by atoms with Crippen molar-refractivity contribution < 1.29 is 0 Å². The van der Waals surface area contributed by atoms with E-state index in [4.69, 9.17) is 12.2 Å². The zero-order chi connectivity index (χ0) is 9.02. The van der Waals surface area contributed by atoms with Crippen LogP contribution in [0.4, 0.5) is 0 Å². The van der Waals surface area contributed by atoms with E-state index < -0.39 is 0 Å². The average molecular weight is 175 g/mol. The topological polar surface area (TPSA) is 38.3 Å². The lowest BCUT2D eigenvalue weighted by Gasteiger charge is -2.36. The molecule has 0 amide bonds. The van der Waals surface area contributed by atoms with E-state index in [0.29, 0.717) is 0 Å². The van der Waals surface area contributed by atoms with E-state index >= 15 is 0 Å². The molecule has 0 aliphatic heterocycles. The molecule has 0 rings (SSSR count). The Labute approximate surface area is 73.3 Å². The molecule has 0 spiro atoms. The first-order chi connectivity index (χ1) is 4.95. The molecule has 0 bridgehead atoms. The summed E-state index contributed by atoms with van der Waals surface area (Å²) in [6.07, 6.45) is 0. The van der Waals surface area contributed by atoms with Gasteiger partial charge in [0, 0.05) is 12.1 Å². The summed E-state index contributed by atoms with van der Waals surface area (Å²) in [6.45, 7) is 7.50. The van der Waals surface area contributed by atoms with E-state index in [2.05, 4.69) is 5.32 Å². The molecule has 1 N–H and O–H groups in total. The Morgan fingerprint density at radius 3 is 2.09 bits per heavy atom. The van der Waals surface area contributed by atoms with Crippen molar-refractivity contribution >= 4 is 17.3 Å². The van der Waals surface area contributed by atoms with E-state index in [9.17, 15) is 5.21 Å². The lowest BCUT2D eigenvalue weighted by Crippen LogP contribution is -2.42. The molecular formula is C7H15N2OS-. The highest BCUT2D eigenvalue weighted by molar-refractivity contribution is 7.80. The molecule has 0 aliphatic carbocycles. The second-order valence-electron chi connectivity index (χ2n) is 3.02. The molecule has 4 heteroatoms. The van der Waals surface area contributed by atoms with E-state index in [1.54, 1.807) is 13.8 Å². The normalized spacial score (nSPS) is 10.5. The standard InChI is InChI=1S/C7H15N2OS/c1-5(2)8-7(11)9(10)6(3)4/h5-6H,1-4H3,(H,8,11)/q-1. The average Bonchev–Trinajstić information content (AvgIpc) is 1.84. The van der Waals surface area contributed by atoms with Gasteiger partial charge >= 0.3 is 0 Å². The van der Waals surface area contributed by atoms with Gasteiger partial charge in [0.1, 0.15) is 0 Å². The number of nitrogens with one attached hydrogen (secondary N) is 1. The second kappa shape index (κ2) is 4.51. The summed E-state index contributed by atoms with van der Waals surface area (Å²) in [5.74, 6) is 0. The summed E-state index contributed by atoms with van der Waals surface area (Å²) in [7, 11) is 0. The summed E-state index contributed by atoms with van der Waals surface area (Å²) < 4.78 is 0. The summed E-state index contributed by atoms with van der Waals surface area (Å²) >= 11 is 4.83. The number of nitrogens with zero attached hydrogens (tertiary/aromatic N) is 1. The van der Waals surface area contributed by atoms with Crippen molar-refractivity contribution in [3.63, 3.8) is 0 Å². The van der Waals surface area contributed by atoms with Crippen LogP contribution in [-0.4, -0.2) is 22.3 Å². The van der Waals surface area contributed by atoms with Crippen LogP contribution >= 0.6 is 12.2 Å². The third kappa shape index (κ3) is 4.16. The summed E-state index contributed by atoms with van der Waals surface area (Å²) in [5.41, 5.74) is 0. The van der Waals surface area contributed by atoms with Crippen molar-refractivity contribution in [1.29, 1.82) is 0 Å². The molecule has 0 atom stereocenters. The zero-order valence-electron chi connectivity index (χ0n) is 7.42. The summed E-state index contributed by atoms with van der Waals surface area (Å²) in [6, 6.07) is 0.131. The Morgan fingerprint density at radius 1 is 1.36 bits per heavy atom. The molecule has 0 unspecified atom stereocenters. The molecule has 0 saturated heterocycles. The van der Waals surface area contributed by atoms with Crippen molar-refractivity contribution in [2.24, 2.45) is 0 Å². The molecule has 11 heavy (non-hydrogen) atoms. The minimum atomic E-state index is -0.0891. The number of hydrogen-bond acceptors (Lipinski definition) is 2. The molecule has 0 heterocycles. The van der Waals surface area contributed by atoms with Crippen molar-refractivity contribution in [2.75, 3.05) is 0 Å². The van der Waals surface area contributed by atoms with Gasteiger partial charge in [0.25, 0.3) is 0 Å². The molecule has 3 nitrogen and oxygen atoms in total. The van der Waals surface area contributed by atoms with Gasteiger partial charge in [0.15, 0.2) is 5.11 Å². The Bertz CT molecular complexity index is 136. The van der Waals surface area contributed by atoms with E-state index in [0.717, 1.165) is 5.06 Å². The fourth-order valence-electron chi connectivity index (χ4n) is 0.545. The lowest BCUT2D eigenvalue weighted by atomic mass is 10.4. The van der Waals surface area contributed by atoms with Gasteiger partial charge in [-0.05, 0) is 39.9 Å². The quantitative estimate of drug-likeness (QED) is 0.509. The first-order valence-electron chi connectivity index (χ1n) is 3.72. The molecule has 0 aromatic rings. The minimum absolute atomic E-state index is 0.0891. The molecule has 0 saturated carbocycles. The molecule has 0 aliphatic rings. The number of thiocarbonyl (C=S) groups is 1. The largest absolute Gasteiger partial charge is 0.756 e. The summed E-state index contributed by atoms with van der Waals surface area (Å²) in [5, 5.41) is 15.0. The minimum Gasteiger partial charge on any atom is -0.756 e. The van der Waals surface area contributed by atoms with E-state index in [-0.39, 0.29) is 17.2 Å². The smallest absolute Gasteiger partial charge is 0.158 e. The van der Waals surface area contributed by atoms with Crippen LogP contribution in [-0.2, 0) is 0 Å². The van der Waals surface area contributed by atoms with Crippen molar-refractivity contribution in [3.8, 4) is 0 Å². The highest BCUT2D eigenvalue weighted by Crippen LogP contribution is 1.96. The van der Waals surface area contributed by atoms with Crippen LogP contribution in [0.3, 0.4) is 0 Å². The van der Waals surface area contributed by atoms with Crippen molar-refractivity contribution in [1.82, 2.24) is 10.4 Å². The fraction of sp³-hybridized carbons (Fsp3) is 0.857. The van der Waals surface area contributed by atoms with Gasteiger partial charge < -0.3 is 15.6 Å². The molecule has 0 aromatic heterocycles. The van der Waals surface area contributed by atoms with Gasteiger partial charge in [-0.2, -0.15) is 0 Å². The Morgan fingerprint density at radius 2 is 1.82 bits per heavy atom. The highest BCUT2D eigenvalue weighted by atomic mass is 32.1. The van der Waals surface area contributed by atoms with Gasteiger partial charge in [0.2, 0.25) is 0 Å². The first kappa shape index (κ1) is 10.7. The van der Waals surface area contributed by atoms with Gasteiger partial charge in [-0.3, -0.25) is 0 Å². The number of rotatable bonds is 2. The Kier molecular flexibility index (Phi) is 4.37. The van der Waals surface area contributed by atoms with Crippen molar-refractivity contribution in [3.05, 3.63) is 5.21 Å². The number of hydroxylamine groups is 2. The van der Waals surface area contributed by atoms with E-state index in [1.807, 2.05) is 13.8 Å². The predicted molar refractivity (Wildman–Crippen MR) is 51.2 cm³/mol. The molecule has 0 aromatic carbocycles. The van der Waals surface area contributed by atoms with Gasteiger partial charge in [-0.15, -0.1) is 0 Å². The van der Waals surface area contributed by atoms with Crippen LogP contribution in [0, 0.1) is 5.21 Å². The van der Waals surface area contributed by atoms with Gasteiger partial charge in [0.05, 0.1) is 0 Å². The Hall–Kier alpha value is -0.350. The molecule has 66 valence electrons. The van der Waals surface area contributed by atoms with Crippen LogP contribution < -0.4 is 5.32 Å². The second-order valence-corrected chi connectivity index (χ2v) is 3.41. The van der Waals surface area contributed by atoms with Crippen LogP contribution in [0.15, 0.2) is 0 Å². The van der Waals surface area contributed by atoms with Gasteiger partial charge in [-0.1, -0.05) is 0 Å². The third-order valence-electron chi connectivity index (χ3n) is 1.08. The maximum atomic E-state index is 11.1. The highest BCUT2D eigenvalue weighted by Gasteiger charge is 2.02. The monoisotopic (exact) mass is 175 g/mol. The lowest BCUT2D eigenvalue weighted by molar-refractivity contribution is 0.447. The zero-order valence-corrected chi connectivity index (χ0v) is 8.23. The molecule has 0 fully saturated rings. The molecule has 0 radical (unpaired) electrons.